The lowest BCUT2D eigenvalue weighted by atomic mass is 9.32. The van der Waals surface area contributed by atoms with Gasteiger partial charge in [-0.3, -0.25) is 14.4 Å². The van der Waals surface area contributed by atoms with E-state index in [2.05, 4.69) is 34.3 Å². The Morgan fingerprint density at radius 1 is 0.763 bits per heavy atom. The summed E-state index contributed by atoms with van der Waals surface area (Å²) in [6.07, 6.45) is 8.98. The molecule has 212 valence electrons. The van der Waals surface area contributed by atoms with E-state index in [4.69, 9.17) is 27.9 Å². The van der Waals surface area contributed by atoms with Crippen molar-refractivity contribution in [1.82, 2.24) is 0 Å². The summed E-state index contributed by atoms with van der Waals surface area (Å²) in [4.78, 5) is 38.1. The van der Waals surface area contributed by atoms with Crippen molar-refractivity contribution in [2.45, 2.75) is 112 Å². The Hall–Kier alpha value is -0.870. The first-order valence-electron chi connectivity index (χ1n) is 14.8. The number of hydrogen-bond donors (Lipinski definition) is 0. The molecule has 4 nitrogen and oxygen atoms in total. The highest BCUT2D eigenvalue weighted by atomic mass is 35.5. The number of halogens is 2. The van der Waals surface area contributed by atoms with Crippen molar-refractivity contribution in [2.24, 2.45) is 56.7 Å². The molecule has 0 saturated heterocycles. The number of carbonyl (C=O) groups is 3. The van der Waals surface area contributed by atoms with E-state index in [9.17, 15) is 14.4 Å². The standard InChI is InChI=1S/C32H46Cl2O4/c1-18(2)20-10-15-32(27(34)37)17-16-29(5)21(25(20)32)8-9-22-28(4)13-12-24(38-19(3)35)31(7,26(33)36)23(28)11-14-30(22,29)6/h20-25H,1,8-17H2,2-7H3/t20-,21+,22+,23+,24+,25+,28+,29+,30+,31-,32-/m0/s1. The van der Waals surface area contributed by atoms with Gasteiger partial charge in [-0.2, -0.15) is 0 Å². The normalized spacial score (nSPS) is 51.6. The summed E-state index contributed by atoms with van der Waals surface area (Å²) in [6.45, 7) is 17.3. The van der Waals surface area contributed by atoms with E-state index in [1.807, 2.05) is 6.92 Å². The van der Waals surface area contributed by atoms with Crippen molar-refractivity contribution >= 4 is 39.7 Å². The molecule has 11 atom stereocenters. The molecule has 5 rings (SSSR count). The maximum atomic E-state index is 13.1. The molecule has 5 aliphatic rings. The van der Waals surface area contributed by atoms with Crippen LogP contribution in [0.4, 0.5) is 0 Å². The molecular formula is C32H46Cl2O4. The van der Waals surface area contributed by atoms with Gasteiger partial charge in [0.25, 0.3) is 0 Å². The van der Waals surface area contributed by atoms with Crippen molar-refractivity contribution in [3.8, 4) is 0 Å². The Morgan fingerprint density at radius 2 is 1.45 bits per heavy atom. The first-order valence-corrected chi connectivity index (χ1v) is 15.6. The van der Waals surface area contributed by atoms with Gasteiger partial charge in [0.15, 0.2) is 0 Å². The molecule has 0 radical (unpaired) electrons. The highest BCUT2D eigenvalue weighted by Crippen LogP contribution is 2.77. The SMILES string of the molecule is C=C(C)[C@@H]1CC[C@]2(C(=O)Cl)CC[C@]3(C)[C@H](CC[C@@H]4[C@@]5(C)CC[C@@H](OC(C)=O)[C@@](C)(C(=O)Cl)[C@@H]5CC[C@]43C)[C@@H]12. The lowest BCUT2D eigenvalue weighted by Gasteiger charge is -2.72. The fourth-order valence-corrected chi connectivity index (χ4v) is 12.4. The van der Waals surface area contributed by atoms with Gasteiger partial charge in [-0.25, -0.2) is 0 Å². The molecule has 0 aliphatic heterocycles. The molecule has 0 unspecified atom stereocenters. The van der Waals surface area contributed by atoms with E-state index < -0.39 is 16.9 Å². The zero-order valence-corrected chi connectivity index (χ0v) is 25.6. The minimum Gasteiger partial charge on any atom is -0.461 e. The molecule has 0 spiro atoms. The molecule has 0 bridgehead atoms. The topological polar surface area (TPSA) is 60.4 Å². The number of rotatable bonds is 4. The minimum atomic E-state index is -0.886. The van der Waals surface area contributed by atoms with E-state index >= 15 is 0 Å². The van der Waals surface area contributed by atoms with Crippen molar-refractivity contribution in [2.75, 3.05) is 0 Å². The van der Waals surface area contributed by atoms with Crippen molar-refractivity contribution in [1.29, 1.82) is 0 Å². The third-order valence-corrected chi connectivity index (χ3v) is 14.6. The average molecular weight is 566 g/mol. The summed E-state index contributed by atoms with van der Waals surface area (Å²) in [7, 11) is 0. The van der Waals surface area contributed by atoms with Crippen molar-refractivity contribution in [3.05, 3.63) is 12.2 Å². The van der Waals surface area contributed by atoms with Crippen LogP contribution in [0, 0.1) is 56.7 Å². The van der Waals surface area contributed by atoms with E-state index in [1.54, 1.807) is 0 Å². The van der Waals surface area contributed by atoms with Crippen LogP contribution in [0.5, 0.6) is 0 Å². The van der Waals surface area contributed by atoms with Gasteiger partial charge >= 0.3 is 5.97 Å². The Bertz CT molecular complexity index is 1070. The third kappa shape index (κ3) is 3.50. The van der Waals surface area contributed by atoms with Gasteiger partial charge in [0, 0.05) is 12.3 Å². The number of carbonyl (C=O) groups excluding carboxylic acids is 3. The van der Waals surface area contributed by atoms with Gasteiger partial charge in [0.2, 0.25) is 10.5 Å². The molecule has 0 heterocycles. The Balaban J connectivity index is 1.55. The molecular weight excluding hydrogens is 519 g/mol. The van der Waals surface area contributed by atoms with Crippen LogP contribution in [0.1, 0.15) is 106 Å². The summed E-state index contributed by atoms with van der Waals surface area (Å²) < 4.78 is 5.75. The van der Waals surface area contributed by atoms with Crippen molar-refractivity contribution in [3.63, 3.8) is 0 Å². The lowest BCUT2D eigenvalue weighted by molar-refractivity contribution is -0.246. The monoisotopic (exact) mass is 564 g/mol. The zero-order valence-electron chi connectivity index (χ0n) is 24.1. The Morgan fingerprint density at radius 3 is 2.03 bits per heavy atom. The van der Waals surface area contributed by atoms with Gasteiger partial charge in [-0.05, 0) is 147 Å². The minimum absolute atomic E-state index is 0.0677. The van der Waals surface area contributed by atoms with Crippen LogP contribution < -0.4 is 0 Å². The van der Waals surface area contributed by atoms with Gasteiger partial charge in [-0.1, -0.05) is 32.9 Å². The van der Waals surface area contributed by atoms with Crippen LogP contribution in [0.25, 0.3) is 0 Å². The summed E-state index contributed by atoms with van der Waals surface area (Å²) in [6, 6.07) is 0. The predicted octanol–water partition coefficient (Wildman–Crippen LogP) is 8.09. The van der Waals surface area contributed by atoms with E-state index in [0.717, 1.165) is 57.8 Å². The van der Waals surface area contributed by atoms with Gasteiger partial charge in [-0.15, -0.1) is 0 Å². The van der Waals surface area contributed by atoms with Gasteiger partial charge in [0.05, 0.1) is 5.41 Å². The van der Waals surface area contributed by atoms with Crippen molar-refractivity contribution < 1.29 is 19.1 Å². The van der Waals surface area contributed by atoms with Gasteiger partial charge < -0.3 is 4.74 Å². The van der Waals surface area contributed by atoms with E-state index in [-0.39, 0.29) is 44.5 Å². The van der Waals surface area contributed by atoms with Gasteiger partial charge in [0.1, 0.15) is 6.10 Å². The zero-order chi connectivity index (χ0) is 28.1. The second-order valence-electron chi connectivity index (χ2n) is 14.8. The molecule has 5 saturated carbocycles. The lowest BCUT2D eigenvalue weighted by Crippen LogP contribution is -2.68. The number of ether oxygens (including phenoxy) is 1. The smallest absolute Gasteiger partial charge is 0.302 e. The number of hydrogen-bond acceptors (Lipinski definition) is 4. The maximum absolute atomic E-state index is 13.1. The summed E-state index contributed by atoms with van der Waals surface area (Å²) in [5.41, 5.74) is -0.0147. The number of allylic oxidation sites excluding steroid dienone is 1. The number of fused-ring (bicyclic) bond motifs is 7. The molecule has 0 amide bonds. The van der Waals surface area contributed by atoms with Crippen LogP contribution in [0.2, 0.25) is 0 Å². The first-order chi connectivity index (χ1) is 17.6. The highest BCUT2D eigenvalue weighted by molar-refractivity contribution is 6.65. The molecule has 38 heavy (non-hydrogen) atoms. The Labute approximate surface area is 239 Å². The maximum Gasteiger partial charge on any atom is 0.302 e. The molecule has 5 aliphatic carbocycles. The fraction of sp³-hybridized carbons (Fsp3) is 0.844. The second kappa shape index (κ2) is 9.07. The third-order valence-electron chi connectivity index (χ3n) is 13.8. The second-order valence-corrected chi connectivity index (χ2v) is 15.5. The molecule has 5 fully saturated rings. The van der Waals surface area contributed by atoms with Crippen LogP contribution in [0.15, 0.2) is 12.2 Å². The Kier molecular flexibility index (Phi) is 6.84. The summed E-state index contributed by atoms with van der Waals surface area (Å²) >= 11 is 12.8. The molecule has 6 heteroatoms. The van der Waals surface area contributed by atoms with E-state index in [1.165, 1.54) is 12.5 Å². The molecule has 0 aromatic heterocycles. The average Bonchev–Trinajstić information content (AvgIpc) is 3.22. The summed E-state index contributed by atoms with van der Waals surface area (Å²) in [5, 5.41) is -0.502. The largest absolute Gasteiger partial charge is 0.461 e. The molecule has 0 N–H and O–H groups in total. The van der Waals surface area contributed by atoms with E-state index in [0.29, 0.717) is 24.2 Å². The van der Waals surface area contributed by atoms with Crippen LogP contribution in [-0.2, 0) is 19.1 Å². The quantitative estimate of drug-likeness (QED) is 0.196. The first kappa shape index (κ1) is 28.7. The predicted molar refractivity (Wildman–Crippen MR) is 151 cm³/mol. The number of esters is 1. The van der Waals surface area contributed by atoms with Crippen LogP contribution in [0.3, 0.4) is 0 Å². The summed E-state index contributed by atoms with van der Waals surface area (Å²) in [5.74, 6) is 1.21. The molecule has 0 aromatic rings. The fourth-order valence-electron chi connectivity index (χ4n) is 11.8. The van der Waals surface area contributed by atoms with Crippen LogP contribution in [-0.4, -0.2) is 22.6 Å². The molecule has 0 aromatic carbocycles. The highest BCUT2D eigenvalue weighted by Gasteiger charge is 2.73. The van der Waals surface area contributed by atoms with Crippen LogP contribution >= 0.6 is 23.2 Å².